The molecule has 3 rings (SSSR count). The van der Waals surface area contributed by atoms with Gasteiger partial charge >= 0.3 is 5.97 Å². The van der Waals surface area contributed by atoms with Gasteiger partial charge in [-0.05, 0) is 32.3 Å². The summed E-state index contributed by atoms with van der Waals surface area (Å²) in [5.74, 6) is -1.26. The van der Waals surface area contributed by atoms with Crippen molar-refractivity contribution in [3.8, 4) is 0 Å². The minimum atomic E-state index is -0.802. The molecule has 2 atom stereocenters. The molecule has 1 aliphatic rings. The summed E-state index contributed by atoms with van der Waals surface area (Å²) >= 11 is 6.08. The molecule has 1 fully saturated rings. The fraction of sp³-hybridized carbons (Fsp3) is 0.375. The highest BCUT2D eigenvalue weighted by Gasteiger charge is 2.31. The van der Waals surface area contributed by atoms with Crippen molar-refractivity contribution in [3.05, 3.63) is 34.5 Å². The van der Waals surface area contributed by atoms with E-state index in [1.54, 1.807) is 6.07 Å². The van der Waals surface area contributed by atoms with Crippen molar-refractivity contribution in [3.63, 3.8) is 0 Å². The van der Waals surface area contributed by atoms with Gasteiger partial charge < -0.3 is 14.8 Å². The molecule has 1 aromatic heterocycles. The largest absolute Gasteiger partial charge is 0.481 e. The van der Waals surface area contributed by atoms with E-state index in [9.17, 15) is 9.59 Å². The van der Waals surface area contributed by atoms with Gasteiger partial charge in [0.15, 0.2) is 11.3 Å². The number of rotatable bonds is 3. The number of nitrogens with one attached hydrogen (secondary N) is 1. The summed E-state index contributed by atoms with van der Waals surface area (Å²) in [4.78, 5) is 23.3. The number of carbonyl (C=O) groups excluding carboxylic acids is 1. The standard InChI is InChI=1S/C16H16ClNO4/c1-8-11-3-2-4-12(17)14(11)22-13(8)15(19)18-10-6-5-9(7-10)16(20)21/h2-4,9-10H,5-7H2,1H3,(H,18,19)(H,20,21)/t9-,10+/m1/s1. The molecule has 1 saturated carbocycles. The number of hydrogen-bond acceptors (Lipinski definition) is 3. The normalized spacial score (nSPS) is 21.2. The predicted molar refractivity (Wildman–Crippen MR) is 82.2 cm³/mol. The average Bonchev–Trinajstić information content (AvgIpc) is 3.05. The van der Waals surface area contributed by atoms with Gasteiger partial charge in [-0.2, -0.15) is 0 Å². The van der Waals surface area contributed by atoms with Crippen molar-refractivity contribution in [1.29, 1.82) is 0 Å². The zero-order chi connectivity index (χ0) is 15.9. The predicted octanol–water partition coefficient (Wildman–Crippen LogP) is 3.38. The van der Waals surface area contributed by atoms with Gasteiger partial charge in [-0.3, -0.25) is 9.59 Å². The Bertz CT molecular complexity index is 752. The molecule has 5 nitrogen and oxygen atoms in total. The van der Waals surface area contributed by atoms with Gasteiger partial charge in [-0.1, -0.05) is 23.7 Å². The van der Waals surface area contributed by atoms with Crippen LogP contribution in [0.15, 0.2) is 22.6 Å². The number of para-hydroxylation sites is 1. The molecule has 22 heavy (non-hydrogen) atoms. The molecular weight excluding hydrogens is 306 g/mol. The van der Waals surface area contributed by atoms with E-state index in [1.165, 1.54) is 0 Å². The number of benzene rings is 1. The maximum atomic E-state index is 12.4. The molecule has 6 heteroatoms. The first kappa shape index (κ1) is 14.9. The zero-order valence-electron chi connectivity index (χ0n) is 12.1. The lowest BCUT2D eigenvalue weighted by Crippen LogP contribution is -2.33. The first-order chi connectivity index (χ1) is 10.5. The Labute approximate surface area is 132 Å². The van der Waals surface area contributed by atoms with Gasteiger partial charge in [-0.15, -0.1) is 0 Å². The molecule has 0 aliphatic heterocycles. The molecule has 0 saturated heterocycles. The van der Waals surface area contributed by atoms with Crippen LogP contribution in [0.3, 0.4) is 0 Å². The van der Waals surface area contributed by atoms with E-state index in [0.717, 1.165) is 10.9 Å². The summed E-state index contributed by atoms with van der Waals surface area (Å²) in [6, 6.07) is 5.25. The van der Waals surface area contributed by atoms with E-state index < -0.39 is 5.97 Å². The third kappa shape index (κ3) is 2.57. The lowest BCUT2D eigenvalue weighted by atomic mass is 10.1. The lowest BCUT2D eigenvalue weighted by molar-refractivity contribution is -0.141. The fourth-order valence-corrected chi connectivity index (χ4v) is 3.23. The number of carboxylic acid groups (broad SMARTS) is 1. The average molecular weight is 322 g/mol. The molecular formula is C16H16ClNO4. The van der Waals surface area contributed by atoms with Crippen LogP contribution in [0, 0.1) is 12.8 Å². The summed E-state index contributed by atoms with van der Waals surface area (Å²) in [7, 11) is 0. The summed E-state index contributed by atoms with van der Waals surface area (Å²) in [6.07, 6.45) is 1.72. The highest BCUT2D eigenvalue weighted by molar-refractivity contribution is 6.35. The minimum Gasteiger partial charge on any atom is -0.481 e. The van der Waals surface area contributed by atoms with E-state index in [1.807, 2.05) is 19.1 Å². The number of aliphatic carboxylic acids is 1. The Morgan fingerprint density at radius 2 is 2.14 bits per heavy atom. The van der Waals surface area contributed by atoms with Crippen molar-refractivity contribution < 1.29 is 19.1 Å². The van der Waals surface area contributed by atoms with Gasteiger partial charge in [0.1, 0.15) is 0 Å². The third-order valence-electron chi connectivity index (χ3n) is 4.24. The van der Waals surface area contributed by atoms with Crippen molar-refractivity contribution in [1.82, 2.24) is 5.32 Å². The monoisotopic (exact) mass is 321 g/mol. The molecule has 0 spiro atoms. The maximum Gasteiger partial charge on any atom is 0.306 e. The number of carbonyl (C=O) groups is 2. The number of aryl methyl sites for hydroxylation is 1. The molecule has 116 valence electrons. The second kappa shape index (κ2) is 5.65. The number of amides is 1. The van der Waals surface area contributed by atoms with Crippen LogP contribution in [0.25, 0.3) is 11.0 Å². The molecule has 1 aromatic carbocycles. The first-order valence-electron chi connectivity index (χ1n) is 7.18. The van der Waals surface area contributed by atoms with Gasteiger partial charge in [0, 0.05) is 17.0 Å². The Hall–Kier alpha value is -2.01. The molecule has 0 unspecified atom stereocenters. The third-order valence-corrected chi connectivity index (χ3v) is 4.54. The summed E-state index contributed by atoms with van der Waals surface area (Å²) < 4.78 is 5.62. The molecule has 0 radical (unpaired) electrons. The number of halogens is 1. The van der Waals surface area contributed by atoms with E-state index >= 15 is 0 Å². The first-order valence-corrected chi connectivity index (χ1v) is 7.56. The SMILES string of the molecule is Cc1c(C(=O)N[C@H]2CC[C@@H](C(=O)O)C2)oc2c(Cl)cccc12. The number of fused-ring (bicyclic) bond motifs is 1. The summed E-state index contributed by atoms with van der Waals surface area (Å²) in [5, 5.41) is 13.1. The van der Waals surface area contributed by atoms with Gasteiger partial charge in [0.25, 0.3) is 5.91 Å². The van der Waals surface area contributed by atoms with Crippen molar-refractivity contribution in [2.75, 3.05) is 0 Å². The van der Waals surface area contributed by atoms with E-state index in [-0.39, 0.29) is 23.6 Å². The van der Waals surface area contributed by atoms with E-state index in [2.05, 4.69) is 5.32 Å². The minimum absolute atomic E-state index is 0.128. The molecule has 1 heterocycles. The highest BCUT2D eigenvalue weighted by Crippen LogP contribution is 2.31. The van der Waals surface area contributed by atoms with Gasteiger partial charge in [0.2, 0.25) is 0 Å². The van der Waals surface area contributed by atoms with Gasteiger partial charge in [-0.25, -0.2) is 0 Å². The van der Waals surface area contributed by atoms with Crippen molar-refractivity contribution >= 4 is 34.4 Å². The number of carboxylic acids is 1. The van der Waals surface area contributed by atoms with Crippen LogP contribution >= 0.6 is 11.6 Å². The van der Waals surface area contributed by atoms with Crippen LogP contribution in [0.2, 0.25) is 5.02 Å². The fourth-order valence-electron chi connectivity index (χ4n) is 3.01. The summed E-state index contributed by atoms with van der Waals surface area (Å²) in [5.41, 5.74) is 1.24. The Morgan fingerprint density at radius 1 is 1.36 bits per heavy atom. The second-order valence-electron chi connectivity index (χ2n) is 5.69. The van der Waals surface area contributed by atoms with E-state index in [0.29, 0.717) is 29.9 Å². The Kier molecular flexibility index (Phi) is 3.83. The molecule has 0 bridgehead atoms. The number of furan rings is 1. The van der Waals surface area contributed by atoms with Crippen LogP contribution in [-0.2, 0) is 4.79 Å². The molecule has 2 aromatic rings. The van der Waals surface area contributed by atoms with Crippen LogP contribution in [0.4, 0.5) is 0 Å². The van der Waals surface area contributed by atoms with Crippen LogP contribution in [-0.4, -0.2) is 23.0 Å². The van der Waals surface area contributed by atoms with Crippen LogP contribution < -0.4 is 5.32 Å². The Morgan fingerprint density at radius 3 is 2.77 bits per heavy atom. The second-order valence-corrected chi connectivity index (χ2v) is 6.10. The smallest absolute Gasteiger partial charge is 0.306 e. The number of hydrogen-bond donors (Lipinski definition) is 2. The highest BCUT2D eigenvalue weighted by atomic mass is 35.5. The van der Waals surface area contributed by atoms with Crippen LogP contribution in [0.1, 0.15) is 35.4 Å². The van der Waals surface area contributed by atoms with Crippen molar-refractivity contribution in [2.24, 2.45) is 5.92 Å². The Balaban J connectivity index is 1.80. The van der Waals surface area contributed by atoms with Crippen LogP contribution in [0.5, 0.6) is 0 Å². The molecule has 1 aliphatic carbocycles. The topological polar surface area (TPSA) is 79.5 Å². The molecule has 2 N–H and O–H groups in total. The summed E-state index contributed by atoms with van der Waals surface area (Å²) in [6.45, 7) is 1.81. The lowest BCUT2D eigenvalue weighted by Gasteiger charge is -2.11. The van der Waals surface area contributed by atoms with E-state index in [4.69, 9.17) is 21.1 Å². The van der Waals surface area contributed by atoms with Crippen molar-refractivity contribution in [2.45, 2.75) is 32.2 Å². The zero-order valence-corrected chi connectivity index (χ0v) is 12.8. The molecule has 1 amide bonds. The quantitative estimate of drug-likeness (QED) is 0.908. The van der Waals surface area contributed by atoms with Gasteiger partial charge in [0.05, 0.1) is 10.9 Å². The maximum absolute atomic E-state index is 12.4.